The minimum absolute atomic E-state index is 0.140. The lowest BCUT2D eigenvalue weighted by atomic mass is 10.1. The highest BCUT2D eigenvalue weighted by Crippen LogP contribution is 2.20. The van der Waals surface area contributed by atoms with Crippen LogP contribution in [0.1, 0.15) is 5.56 Å². The van der Waals surface area contributed by atoms with Crippen LogP contribution in [0.2, 0.25) is 0 Å². The third-order valence-corrected chi connectivity index (χ3v) is 2.26. The van der Waals surface area contributed by atoms with Crippen LogP contribution in [0.5, 0.6) is 0 Å². The van der Waals surface area contributed by atoms with E-state index >= 15 is 0 Å². The summed E-state index contributed by atoms with van der Waals surface area (Å²) in [6, 6.07) is 9.34. The topological polar surface area (TPSA) is 52.6 Å². The summed E-state index contributed by atoms with van der Waals surface area (Å²) in [5.74, 6) is -1.04. The molecule has 0 aliphatic carbocycles. The van der Waals surface area contributed by atoms with E-state index in [4.69, 9.17) is 4.74 Å². The fourth-order valence-corrected chi connectivity index (χ4v) is 1.47. The Bertz CT molecular complexity index is 511. The van der Waals surface area contributed by atoms with Crippen molar-refractivity contribution in [3.8, 4) is 0 Å². The molecule has 4 heteroatoms. The van der Waals surface area contributed by atoms with E-state index in [9.17, 15) is 9.59 Å². The molecule has 0 atom stereocenters. The smallest absolute Gasteiger partial charge is 0.350 e. The Morgan fingerprint density at radius 3 is 2.47 bits per heavy atom. The highest BCUT2D eigenvalue weighted by molar-refractivity contribution is 6.11. The lowest BCUT2D eigenvalue weighted by Gasteiger charge is -2.04. The highest BCUT2D eigenvalue weighted by Gasteiger charge is 2.27. The van der Waals surface area contributed by atoms with Crippen LogP contribution < -0.4 is 0 Å². The number of hydrogen-bond acceptors (Lipinski definition) is 4. The molecule has 0 radical (unpaired) electrons. The zero-order chi connectivity index (χ0) is 12.3. The van der Waals surface area contributed by atoms with Crippen molar-refractivity contribution in [3.63, 3.8) is 0 Å². The van der Waals surface area contributed by atoms with Gasteiger partial charge in [0.1, 0.15) is 11.3 Å². The van der Waals surface area contributed by atoms with E-state index in [1.54, 1.807) is 6.08 Å². The van der Waals surface area contributed by atoms with E-state index < -0.39 is 11.9 Å². The average molecular weight is 230 g/mol. The first-order chi connectivity index (χ1) is 8.20. The van der Waals surface area contributed by atoms with Gasteiger partial charge in [0.25, 0.3) is 0 Å². The van der Waals surface area contributed by atoms with Gasteiger partial charge in [0, 0.05) is 6.08 Å². The Morgan fingerprint density at radius 1 is 1.24 bits per heavy atom. The lowest BCUT2D eigenvalue weighted by Crippen LogP contribution is -2.04. The number of esters is 2. The van der Waals surface area contributed by atoms with Gasteiger partial charge in [-0.25, -0.2) is 9.59 Å². The number of ether oxygens (including phenoxy) is 2. The van der Waals surface area contributed by atoms with Gasteiger partial charge in [-0.05, 0) is 11.6 Å². The molecule has 17 heavy (non-hydrogen) atoms. The molecule has 0 saturated carbocycles. The molecule has 0 saturated heterocycles. The lowest BCUT2D eigenvalue weighted by molar-refractivity contribution is -0.150. The predicted octanol–water partition coefficient (Wildman–Crippen LogP) is 1.68. The van der Waals surface area contributed by atoms with E-state index in [2.05, 4.69) is 4.74 Å². The minimum atomic E-state index is -0.681. The standard InChI is InChI=1S/C13H10O4/c1-16-11(7-9-5-3-2-4-6-9)10-8-12(14)17-13(10)15/h2-8H,1H3/b11-7-. The van der Waals surface area contributed by atoms with Crippen molar-refractivity contribution in [2.45, 2.75) is 0 Å². The molecule has 0 N–H and O–H groups in total. The zero-order valence-corrected chi connectivity index (χ0v) is 9.17. The molecule has 1 aliphatic rings. The van der Waals surface area contributed by atoms with Crippen molar-refractivity contribution in [1.82, 2.24) is 0 Å². The van der Waals surface area contributed by atoms with Crippen molar-refractivity contribution in [2.75, 3.05) is 7.11 Å². The first-order valence-electron chi connectivity index (χ1n) is 4.99. The maximum atomic E-state index is 11.3. The fourth-order valence-electron chi connectivity index (χ4n) is 1.47. The highest BCUT2D eigenvalue weighted by atomic mass is 16.6. The van der Waals surface area contributed by atoms with Gasteiger partial charge in [0.2, 0.25) is 0 Å². The second-order valence-corrected chi connectivity index (χ2v) is 3.39. The summed E-state index contributed by atoms with van der Waals surface area (Å²) in [4.78, 5) is 22.3. The summed E-state index contributed by atoms with van der Waals surface area (Å²) in [7, 11) is 1.44. The van der Waals surface area contributed by atoms with E-state index in [1.165, 1.54) is 7.11 Å². The molecule has 1 aliphatic heterocycles. The number of benzene rings is 1. The molecular weight excluding hydrogens is 220 g/mol. The van der Waals surface area contributed by atoms with Crippen LogP contribution in [0.4, 0.5) is 0 Å². The molecule has 1 heterocycles. The molecule has 0 unspecified atom stereocenters. The van der Waals surface area contributed by atoms with Gasteiger partial charge in [-0.2, -0.15) is 0 Å². The Balaban J connectivity index is 2.35. The first-order valence-corrected chi connectivity index (χ1v) is 4.99. The van der Waals surface area contributed by atoms with Gasteiger partial charge in [0.15, 0.2) is 0 Å². The maximum Gasteiger partial charge on any atom is 0.350 e. The van der Waals surface area contributed by atoms with Gasteiger partial charge in [0.05, 0.1) is 7.11 Å². The molecule has 2 rings (SSSR count). The van der Waals surface area contributed by atoms with Crippen LogP contribution in [0, 0.1) is 0 Å². The molecule has 1 aromatic carbocycles. The quantitative estimate of drug-likeness (QED) is 0.450. The van der Waals surface area contributed by atoms with Crippen LogP contribution in [0.25, 0.3) is 6.08 Å². The van der Waals surface area contributed by atoms with E-state index in [-0.39, 0.29) is 5.57 Å². The number of cyclic esters (lactones) is 2. The second kappa shape index (κ2) is 4.65. The molecule has 0 aromatic heterocycles. The van der Waals surface area contributed by atoms with Crippen LogP contribution in [-0.2, 0) is 19.1 Å². The molecule has 1 aromatic rings. The Labute approximate surface area is 98.2 Å². The molecule has 4 nitrogen and oxygen atoms in total. The molecule has 0 fully saturated rings. The third-order valence-electron chi connectivity index (χ3n) is 2.26. The van der Waals surface area contributed by atoms with Crippen molar-refractivity contribution in [2.24, 2.45) is 0 Å². The molecular formula is C13H10O4. The average Bonchev–Trinajstić information content (AvgIpc) is 2.67. The number of hydrogen-bond donors (Lipinski definition) is 0. The Hall–Kier alpha value is -2.36. The van der Waals surface area contributed by atoms with Crippen LogP contribution in [0.3, 0.4) is 0 Å². The predicted molar refractivity (Wildman–Crippen MR) is 60.6 cm³/mol. The van der Waals surface area contributed by atoms with Crippen molar-refractivity contribution in [1.29, 1.82) is 0 Å². The summed E-state index contributed by atoms with van der Waals surface area (Å²) >= 11 is 0. The number of rotatable bonds is 3. The monoisotopic (exact) mass is 230 g/mol. The first kappa shape index (κ1) is 11.1. The molecule has 0 bridgehead atoms. The van der Waals surface area contributed by atoms with Crippen LogP contribution in [0.15, 0.2) is 47.7 Å². The summed E-state index contributed by atoms with van der Waals surface area (Å²) in [5.41, 5.74) is 1.01. The Morgan fingerprint density at radius 2 is 1.94 bits per heavy atom. The van der Waals surface area contributed by atoms with Crippen molar-refractivity contribution >= 4 is 18.0 Å². The summed E-state index contributed by atoms with van der Waals surface area (Å²) < 4.78 is 9.50. The largest absolute Gasteiger partial charge is 0.496 e. The SMILES string of the molecule is CO/C(=C\c1ccccc1)C1=CC(=O)OC1=O. The van der Waals surface area contributed by atoms with Gasteiger partial charge in [-0.15, -0.1) is 0 Å². The number of methoxy groups -OCH3 is 1. The fraction of sp³-hybridized carbons (Fsp3) is 0.0769. The number of carbonyl (C=O) groups excluding carboxylic acids is 2. The van der Waals surface area contributed by atoms with Gasteiger partial charge >= 0.3 is 11.9 Å². The van der Waals surface area contributed by atoms with Crippen LogP contribution in [-0.4, -0.2) is 19.0 Å². The zero-order valence-electron chi connectivity index (χ0n) is 9.17. The maximum absolute atomic E-state index is 11.3. The van der Waals surface area contributed by atoms with E-state index in [1.807, 2.05) is 30.3 Å². The van der Waals surface area contributed by atoms with Crippen LogP contribution >= 0.6 is 0 Å². The van der Waals surface area contributed by atoms with Gasteiger partial charge in [-0.3, -0.25) is 0 Å². The normalized spacial score (nSPS) is 15.6. The number of carbonyl (C=O) groups is 2. The molecule has 0 amide bonds. The molecule has 86 valence electrons. The third kappa shape index (κ3) is 2.42. The van der Waals surface area contributed by atoms with Crippen molar-refractivity contribution in [3.05, 3.63) is 53.3 Å². The second-order valence-electron chi connectivity index (χ2n) is 3.39. The van der Waals surface area contributed by atoms with E-state index in [0.29, 0.717) is 5.76 Å². The van der Waals surface area contributed by atoms with Gasteiger partial charge < -0.3 is 9.47 Å². The minimum Gasteiger partial charge on any atom is -0.496 e. The van der Waals surface area contributed by atoms with Crippen molar-refractivity contribution < 1.29 is 19.1 Å². The summed E-state index contributed by atoms with van der Waals surface area (Å²) in [5, 5.41) is 0. The summed E-state index contributed by atoms with van der Waals surface area (Å²) in [6.07, 6.45) is 2.80. The van der Waals surface area contributed by atoms with Gasteiger partial charge in [-0.1, -0.05) is 30.3 Å². The molecule has 0 spiro atoms. The Kier molecular flexibility index (Phi) is 3.05. The van der Waals surface area contributed by atoms with E-state index in [0.717, 1.165) is 11.6 Å². The summed E-state index contributed by atoms with van der Waals surface area (Å²) in [6.45, 7) is 0.